The van der Waals surface area contributed by atoms with Crippen LogP contribution in [0, 0.1) is 20.8 Å². The van der Waals surface area contributed by atoms with Crippen LogP contribution < -0.4 is 39.9 Å². The van der Waals surface area contributed by atoms with Gasteiger partial charge in [0.25, 0.3) is 0 Å². The highest BCUT2D eigenvalue weighted by Crippen LogP contribution is 2.58. The zero-order chi connectivity index (χ0) is 29.3. The van der Waals surface area contributed by atoms with Crippen LogP contribution in [0.2, 0.25) is 0 Å². The topological polar surface area (TPSA) is 18.5 Å². The van der Waals surface area contributed by atoms with Gasteiger partial charge in [0, 0.05) is 13.2 Å². The molecule has 0 aliphatic carbocycles. The third kappa shape index (κ3) is 10.7. The average Bonchev–Trinajstić information content (AvgIpc) is 2.98. The molecule has 0 radical (unpaired) electrons. The van der Waals surface area contributed by atoms with E-state index in [0.29, 0.717) is 0 Å². The molecule has 3 aromatic rings. The summed E-state index contributed by atoms with van der Waals surface area (Å²) < 4.78 is 12.1. The van der Waals surface area contributed by atoms with Crippen LogP contribution in [0.4, 0.5) is 0 Å². The lowest BCUT2D eigenvalue weighted by Crippen LogP contribution is -3.00. The van der Waals surface area contributed by atoms with Gasteiger partial charge in [-0.3, -0.25) is 0 Å². The zero-order valence-corrected chi connectivity index (χ0v) is 30.1. The van der Waals surface area contributed by atoms with Crippen LogP contribution in [-0.4, -0.2) is 25.7 Å². The quantitative estimate of drug-likeness (QED) is 0.0573. The fourth-order valence-electron chi connectivity index (χ4n) is 6.03. The Bertz CT molecular complexity index is 1030. The molecule has 0 atom stereocenters. The van der Waals surface area contributed by atoms with Crippen molar-refractivity contribution in [2.45, 2.75) is 112 Å². The van der Waals surface area contributed by atoms with Crippen molar-refractivity contribution in [2.75, 3.05) is 19.4 Å². The summed E-state index contributed by atoms with van der Waals surface area (Å²) in [7, 11) is -1.80. The minimum Gasteiger partial charge on any atom is -1.00 e. The number of hydrogen-bond donors (Lipinski definition) is 0. The first-order valence-electron chi connectivity index (χ1n) is 16.3. The first-order chi connectivity index (χ1) is 20.0. The molecule has 0 amide bonds. The van der Waals surface area contributed by atoms with Crippen LogP contribution in [0.3, 0.4) is 0 Å². The Morgan fingerprint density at radius 2 is 0.905 bits per heavy atom. The summed E-state index contributed by atoms with van der Waals surface area (Å²) in [6, 6.07) is 27.5. The third-order valence-electron chi connectivity index (χ3n) is 8.37. The van der Waals surface area contributed by atoms with Gasteiger partial charge in [-0.05, 0) is 94.2 Å². The Labute approximate surface area is 275 Å². The summed E-state index contributed by atoms with van der Waals surface area (Å²) in [4.78, 5) is 0. The number of ether oxygens (including phenoxy) is 2. The highest BCUT2D eigenvalue weighted by molar-refractivity contribution is 7.96. The van der Waals surface area contributed by atoms with Crippen LogP contribution in [0.1, 0.15) is 101 Å². The maximum absolute atomic E-state index is 6.05. The Hall–Kier alpha value is -1.26. The normalized spacial score (nSPS) is 11.6. The van der Waals surface area contributed by atoms with Gasteiger partial charge in [0.1, 0.15) is 23.2 Å². The fraction of sp³-hybridized carbons (Fsp3) is 0.526. The number of halogens is 1. The van der Waals surface area contributed by atoms with Gasteiger partial charge in [-0.1, -0.05) is 101 Å². The smallest absolute Gasteiger partial charge is 0.157 e. The Morgan fingerprint density at radius 3 is 1.31 bits per heavy atom. The maximum atomic E-state index is 6.05. The number of aryl methyl sites for hydroxylation is 3. The third-order valence-corrected chi connectivity index (χ3v) is 13.3. The SMILES string of the molecule is CCCCOC(CCCCCCCC[P+](c1ccccc1C)(c1ccccc1C)c1ccccc1C)OCCCC.[I-]. The van der Waals surface area contributed by atoms with Crippen molar-refractivity contribution in [3.8, 4) is 0 Å². The van der Waals surface area contributed by atoms with Crippen molar-refractivity contribution >= 4 is 23.2 Å². The van der Waals surface area contributed by atoms with Gasteiger partial charge in [-0.15, -0.1) is 0 Å². The van der Waals surface area contributed by atoms with E-state index in [1.807, 2.05) is 0 Å². The molecular weight excluding hydrogens is 646 g/mol. The molecule has 0 aliphatic heterocycles. The van der Waals surface area contributed by atoms with Gasteiger partial charge in [0.05, 0.1) is 6.16 Å². The van der Waals surface area contributed by atoms with Gasteiger partial charge in [0.15, 0.2) is 6.29 Å². The number of benzene rings is 3. The first kappa shape index (κ1) is 36.9. The molecule has 0 aliphatic rings. The van der Waals surface area contributed by atoms with Crippen molar-refractivity contribution in [2.24, 2.45) is 0 Å². The predicted octanol–water partition coefficient (Wildman–Crippen LogP) is 6.60. The van der Waals surface area contributed by atoms with Crippen LogP contribution in [0.15, 0.2) is 72.8 Å². The highest BCUT2D eigenvalue weighted by Gasteiger charge is 2.47. The number of rotatable bonds is 20. The van der Waals surface area contributed by atoms with Crippen LogP contribution in [0.5, 0.6) is 0 Å². The van der Waals surface area contributed by atoms with Crippen molar-refractivity contribution in [1.29, 1.82) is 0 Å². The largest absolute Gasteiger partial charge is 1.00 e. The molecule has 0 saturated carbocycles. The van der Waals surface area contributed by atoms with E-state index in [2.05, 4.69) is 107 Å². The van der Waals surface area contributed by atoms with E-state index in [-0.39, 0.29) is 30.3 Å². The molecule has 42 heavy (non-hydrogen) atoms. The van der Waals surface area contributed by atoms with Crippen molar-refractivity contribution in [3.05, 3.63) is 89.5 Å². The van der Waals surface area contributed by atoms with Crippen LogP contribution in [0.25, 0.3) is 0 Å². The molecule has 3 aromatic carbocycles. The molecule has 0 unspecified atom stereocenters. The van der Waals surface area contributed by atoms with Gasteiger partial charge < -0.3 is 33.5 Å². The van der Waals surface area contributed by atoms with E-state index >= 15 is 0 Å². The summed E-state index contributed by atoms with van der Waals surface area (Å²) in [6.45, 7) is 13.0. The summed E-state index contributed by atoms with van der Waals surface area (Å²) >= 11 is 0. The lowest BCUT2D eigenvalue weighted by molar-refractivity contribution is -0.147. The van der Waals surface area contributed by atoms with Crippen LogP contribution in [-0.2, 0) is 9.47 Å². The predicted molar refractivity (Wildman–Crippen MR) is 182 cm³/mol. The summed E-state index contributed by atoms with van der Waals surface area (Å²) in [6.07, 6.45) is 14.4. The molecule has 0 bridgehead atoms. The minimum absolute atomic E-state index is 0. The number of unbranched alkanes of at least 4 members (excludes halogenated alkanes) is 7. The summed E-state index contributed by atoms with van der Waals surface area (Å²) in [5, 5.41) is 4.67. The van der Waals surface area contributed by atoms with Gasteiger partial charge >= 0.3 is 0 Å². The van der Waals surface area contributed by atoms with E-state index < -0.39 is 7.26 Å². The molecule has 4 heteroatoms. The molecule has 232 valence electrons. The molecule has 2 nitrogen and oxygen atoms in total. The fourth-order valence-corrected chi connectivity index (χ4v) is 11.3. The second kappa shape index (κ2) is 20.7. The highest BCUT2D eigenvalue weighted by atomic mass is 127. The Kier molecular flexibility index (Phi) is 18.2. The van der Waals surface area contributed by atoms with Crippen molar-refractivity contribution in [1.82, 2.24) is 0 Å². The lowest BCUT2D eigenvalue weighted by atomic mass is 10.1. The van der Waals surface area contributed by atoms with Crippen LogP contribution >= 0.6 is 7.26 Å². The summed E-state index contributed by atoms with van der Waals surface area (Å²) in [5.74, 6) is 0. The van der Waals surface area contributed by atoms with Gasteiger partial charge in [-0.2, -0.15) is 0 Å². The van der Waals surface area contributed by atoms with E-state index in [9.17, 15) is 0 Å². The molecular formula is C38H56IO2P. The minimum atomic E-state index is -1.80. The second-order valence-electron chi connectivity index (χ2n) is 11.7. The molecule has 0 aromatic heterocycles. The average molecular weight is 703 g/mol. The van der Waals surface area contributed by atoms with Crippen molar-refractivity contribution in [3.63, 3.8) is 0 Å². The molecule has 0 heterocycles. The Morgan fingerprint density at radius 1 is 0.524 bits per heavy atom. The Balaban J connectivity index is 0.00000616. The van der Waals surface area contributed by atoms with Crippen molar-refractivity contribution < 1.29 is 33.5 Å². The molecule has 0 spiro atoms. The monoisotopic (exact) mass is 702 g/mol. The van der Waals surface area contributed by atoms with Gasteiger partial charge in [0.2, 0.25) is 0 Å². The molecule has 0 N–H and O–H groups in total. The maximum Gasteiger partial charge on any atom is 0.157 e. The van der Waals surface area contributed by atoms with E-state index in [4.69, 9.17) is 9.47 Å². The zero-order valence-electron chi connectivity index (χ0n) is 27.0. The molecule has 0 fully saturated rings. The molecule has 0 saturated heterocycles. The lowest BCUT2D eigenvalue weighted by Gasteiger charge is -2.31. The summed E-state index contributed by atoms with van der Waals surface area (Å²) in [5.41, 5.74) is 4.26. The standard InChI is InChI=1S/C38H56O2P.HI/c1-6-8-29-39-38(40-30-9-7-2)28-14-12-10-11-13-21-31-41(35-25-18-15-22-32(35)3,36-26-19-16-23-33(36)4)37-27-20-17-24-34(37)5;/h15-20,22-27,38H,6-14,21,28-31H2,1-5H3;1H/q+1;/p-1. The first-order valence-corrected chi connectivity index (χ1v) is 18.3. The molecule has 3 rings (SSSR count). The van der Waals surface area contributed by atoms with Gasteiger partial charge in [-0.25, -0.2) is 0 Å². The second-order valence-corrected chi connectivity index (χ2v) is 15.2. The van der Waals surface area contributed by atoms with E-state index in [1.54, 1.807) is 15.9 Å². The van der Waals surface area contributed by atoms with E-state index in [0.717, 1.165) is 32.5 Å². The number of hydrogen-bond acceptors (Lipinski definition) is 2. The van der Waals surface area contributed by atoms with E-state index in [1.165, 1.54) is 74.2 Å².